The lowest BCUT2D eigenvalue weighted by Gasteiger charge is -2.27. The first-order valence-electron chi connectivity index (χ1n) is 12.6. The molecular formula is C32H33NO6. The Balaban J connectivity index is 1.96. The van der Waals surface area contributed by atoms with Gasteiger partial charge >= 0.3 is 5.97 Å². The molecule has 1 aliphatic heterocycles. The molecule has 1 saturated heterocycles. The molecule has 1 N–H and O–H groups in total. The molecule has 4 rings (SSSR count). The maximum atomic E-state index is 13.6. The van der Waals surface area contributed by atoms with Crippen molar-refractivity contribution in [3.8, 4) is 5.75 Å². The fourth-order valence-electron chi connectivity index (χ4n) is 5.00. The van der Waals surface area contributed by atoms with Crippen molar-refractivity contribution >= 4 is 29.1 Å². The van der Waals surface area contributed by atoms with Gasteiger partial charge in [0.2, 0.25) is 0 Å². The minimum absolute atomic E-state index is 0.0381. The highest BCUT2D eigenvalue weighted by Gasteiger charge is 2.47. The van der Waals surface area contributed by atoms with Gasteiger partial charge in [0.1, 0.15) is 11.5 Å². The Bertz CT molecular complexity index is 1480. The molecule has 0 bridgehead atoms. The molecule has 39 heavy (non-hydrogen) atoms. The SMILES string of the molecule is COC(=O)c1ccc(N2C(=O)C(=O)/C(=C(/O)c3cc(C)cc(C)c3OC)C2c2ccc(C(C)(C)C)cc2)cc1. The Kier molecular flexibility index (Phi) is 7.37. The third kappa shape index (κ3) is 5.04. The number of nitrogens with zero attached hydrogens (tertiary/aromatic N) is 1. The fourth-order valence-corrected chi connectivity index (χ4v) is 5.00. The Morgan fingerprint density at radius 3 is 2.08 bits per heavy atom. The maximum Gasteiger partial charge on any atom is 0.337 e. The summed E-state index contributed by atoms with van der Waals surface area (Å²) in [7, 11) is 2.79. The summed E-state index contributed by atoms with van der Waals surface area (Å²) in [6.45, 7) is 10.0. The van der Waals surface area contributed by atoms with Crippen molar-refractivity contribution in [2.75, 3.05) is 19.1 Å². The first kappa shape index (κ1) is 27.6. The highest BCUT2D eigenvalue weighted by molar-refractivity contribution is 6.51. The zero-order valence-electron chi connectivity index (χ0n) is 23.3. The van der Waals surface area contributed by atoms with Crippen molar-refractivity contribution in [3.63, 3.8) is 0 Å². The van der Waals surface area contributed by atoms with Crippen LogP contribution in [0.3, 0.4) is 0 Å². The predicted molar refractivity (Wildman–Crippen MR) is 150 cm³/mol. The number of carbonyl (C=O) groups excluding carboxylic acids is 3. The summed E-state index contributed by atoms with van der Waals surface area (Å²) in [4.78, 5) is 40.4. The number of benzene rings is 3. The van der Waals surface area contributed by atoms with Gasteiger partial charge in [-0.25, -0.2) is 4.79 Å². The number of anilines is 1. The molecule has 3 aromatic rings. The topological polar surface area (TPSA) is 93.1 Å². The Hall–Kier alpha value is -4.39. The van der Waals surface area contributed by atoms with Crippen molar-refractivity contribution in [1.29, 1.82) is 0 Å². The summed E-state index contributed by atoms with van der Waals surface area (Å²) in [6.07, 6.45) is 0. The normalized spacial score (nSPS) is 16.9. The molecule has 1 fully saturated rings. The van der Waals surface area contributed by atoms with Crippen LogP contribution in [0.4, 0.5) is 5.69 Å². The summed E-state index contributed by atoms with van der Waals surface area (Å²) in [5, 5.41) is 11.6. The lowest BCUT2D eigenvalue weighted by molar-refractivity contribution is -0.132. The smallest absolute Gasteiger partial charge is 0.337 e. The van der Waals surface area contributed by atoms with E-state index in [4.69, 9.17) is 9.47 Å². The van der Waals surface area contributed by atoms with Crippen LogP contribution in [0, 0.1) is 13.8 Å². The van der Waals surface area contributed by atoms with E-state index in [-0.39, 0.29) is 16.7 Å². The van der Waals surface area contributed by atoms with E-state index < -0.39 is 23.7 Å². The Labute approximate surface area is 228 Å². The molecule has 7 heteroatoms. The van der Waals surface area contributed by atoms with Crippen LogP contribution >= 0.6 is 0 Å². The lowest BCUT2D eigenvalue weighted by Crippen LogP contribution is -2.29. The average Bonchev–Trinajstić information content (AvgIpc) is 3.17. The van der Waals surface area contributed by atoms with Gasteiger partial charge in [-0.3, -0.25) is 14.5 Å². The molecule has 202 valence electrons. The van der Waals surface area contributed by atoms with Crippen LogP contribution in [0.25, 0.3) is 5.76 Å². The zero-order valence-corrected chi connectivity index (χ0v) is 23.3. The standard InChI is InChI=1S/C32H33NO6/c1-18-16-19(2)29(38-6)24(17-18)27(34)25-26(20-8-12-22(13-9-20)32(3,4)5)33(30(36)28(25)35)23-14-10-21(11-15-23)31(37)39-7/h8-17,26,34H,1-7H3/b27-25+. The van der Waals surface area contributed by atoms with Gasteiger partial charge in [0.25, 0.3) is 11.7 Å². The van der Waals surface area contributed by atoms with E-state index in [9.17, 15) is 19.5 Å². The van der Waals surface area contributed by atoms with E-state index >= 15 is 0 Å². The predicted octanol–water partition coefficient (Wildman–Crippen LogP) is 6.02. The summed E-state index contributed by atoms with van der Waals surface area (Å²) in [6, 6.07) is 16.7. The minimum Gasteiger partial charge on any atom is -0.507 e. The third-order valence-electron chi connectivity index (χ3n) is 6.98. The van der Waals surface area contributed by atoms with Crippen LogP contribution in [0.2, 0.25) is 0 Å². The fraction of sp³-hybridized carbons (Fsp3) is 0.281. The van der Waals surface area contributed by atoms with Crippen molar-refractivity contribution in [2.24, 2.45) is 0 Å². The second-order valence-corrected chi connectivity index (χ2v) is 10.7. The van der Waals surface area contributed by atoms with Crippen molar-refractivity contribution < 1.29 is 29.0 Å². The first-order valence-corrected chi connectivity index (χ1v) is 12.6. The van der Waals surface area contributed by atoms with Gasteiger partial charge in [-0.2, -0.15) is 0 Å². The van der Waals surface area contributed by atoms with E-state index in [2.05, 4.69) is 20.8 Å². The number of methoxy groups -OCH3 is 2. The number of carbonyl (C=O) groups is 3. The summed E-state index contributed by atoms with van der Waals surface area (Å²) >= 11 is 0. The third-order valence-corrected chi connectivity index (χ3v) is 6.98. The number of ether oxygens (including phenoxy) is 2. The number of hydrogen-bond donors (Lipinski definition) is 1. The number of aryl methyl sites for hydroxylation is 2. The van der Waals surface area contributed by atoms with E-state index in [0.717, 1.165) is 16.7 Å². The Morgan fingerprint density at radius 2 is 1.54 bits per heavy atom. The second kappa shape index (κ2) is 10.4. The van der Waals surface area contributed by atoms with Crippen LogP contribution in [-0.4, -0.2) is 37.0 Å². The number of aliphatic hydroxyl groups is 1. The van der Waals surface area contributed by atoms with Crippen molar-refractivity contribution in [3.05, 3.63) is 99.6 Å². The van der Waals surface area contributed by atoms with Crippen LogP contribution < -0.4 is 9.64 Å². The van der Waals surface area contributed by atoms with Gasteiger partial charge in [-0.1, -0.05) is 51.1 Å². The van der Waals surface area contributed by atoms with E-state index in [0.29, 0.717) is 28.1 Å². The van der Waals surface area contributed by atoms with Crippen LogP contribution in [0.15, 0.2) is 66.2 Å². The Morgan fingerprint density at radius 1 is 0.923 bits per heavy atom. The van der Waals surface area contributed by atoms with Gasteiger partial charge in [0.05, 0.1) is 37.0 Å². The molecule has 1 amide bonds. The molecule has 0 aromatic heterocycles. The number of Topliss-reactive ketones (excluding diaryl/α,β-unsaturated/α-hetero) is 1. The minimum atomic E-state index is -0.909. The second-order valence-electron chi connectivity index (χ2n) is 10.7. The number of esters is 1. The summed E-state index contributed by atoms with van der Waals surface area (Å²) in [5.41, 5.74) is 4.31. The summed E-state index contributed by atoms with van der Waals surface area (Å²) in [5.74, 6) is -1.99. The number of amides is 1. The highest BCUT2D eigenvalue weighted by atomic mass is 16.5. The molecule has 1 unspecified atom stereocenters. The molecule has 7 nitrogen and oxygen atoms in total. The molecule has 1 atom stereocenters. The van der Waals surface area contributed by atoms with Crippen molar-refractivity contribution in [2.45, 2.75) is 46.1 Å². The lowest BCUT2D eigenvalue weighted by atomic mass is 9.85. The quantitative estimate of drug-likeness (QED) is 0.189. The molecule has 3 aromatic carbocycles. The van der Waals surface area contributed by atoms with Gasteiger partial charge < -0.3 is 14.6 Å². The first-order chi connectivity index (χ1) is 18.4. The average molecular weight is 528 g/mol. The monoisotopic (exact) mass is 527 g/mol. The number of aliphatic hydroxyl groups excluding tert-OH is 1. The van der Waals surface area contributed by atoms with Crippen molar-refractivity contribution in [1.82, 2.24) is 0 Å². The van der Waals surface area contributed by atoms with Gasteiger partial charge in [-0.15, -0.1) is 0 Å². The number of ketones is 1. The van der Waals surface area contributed by atoms with Crippen LogP contribution in [0.5, 0.6) is 5.75 Å². The molecule has 1 aliphatic rings. The molecule has 0 spiro atoms. The van der Waals surface area contributed by atoms with E-state index in [1.54, 1.807) is 18.2 Å². The number of rotatable bonds is 5. The highest BCUT2D eigenvalue weighted by Crippen LogP contribution is 2.44. The summed E-state index contributed by atoms with van der Waals surface area (Å²) < 4.78 is 10.4. The zero-order chi connectivity index (χ0) is 28.6. The van der Waals surface area contributed by atoms with Gasteiger partial charge in [0, 0.05) is 5.69 Å². The maximum absolute atomic E-state index is 13.6. The molecule has 0 aliphatic carbocycles. The molecule has 0 radical (unpaired) electrons. The van der Waals surface area contributed by atoms with Crippen LogP contribution in [0.1, 0.15) is 65.0 Å². The molecular weight excluding hydrogens is 494 g/mol. The van der Waals surface area contributed by atoms with Gasteiger partial charge in [0.15, 0.2) is 0 Å². The van der Waals surface area contributed by atoms with E-state index in [1.807, 2.05) is 44.2 Å². The molecule has 1 heterocycles. The van der Waals surface area contributed by atoms with E-state index in [1.165, 1.54) is 31.3 Å². The molecule has 0 saturated carbocycles. The van der Waals surface area contributed by atoms with Crippen LogP contribution in [-0.2, 0) is 19.7 Å². The van der Waals surface area contributed by atoms with Gasteiger partial charge in [-0.05, 0) is 71.8 Å². The largest absolute Gasteiger partial charge is 0.507 e. The number of hydrogen-bond acceptors (Lipinski definition) is 6.